The normalized spacial score (nSPS) is 26.2. The molecule has 0 bridgehead atoms. The van der Waals surface area contributed by atoms with Crippen molar-refractivity contribution in [2.75, 3.05) is 59.1 Å². The third-order valence-electron chi connectivity index (χ3n) is 6.12. The standard InChI is InChI=1S/C21H30N2O4/c24-20-21(16-19(27-20)17-23-10-13-25-14-11-23)6-8-22(9-7-21)12-15-26-18-4-2-1-3-5-18/h1-5,19H,6-17H2. The second kappa shape index (κ2) is 8.59. The Morgan fingerprint density at radius 1 is 1.04 bits per heavy atom. The van der Waals surface area contributed by atoms with E-state index in [0.717, 1.165) is 77.5 Å². The highest BCUT2D eigenvalue weighted by molar-refractivity contribution is 5.79. The van der Waals surface area contributed by atoms with Crippen LogP contribution in [0.2, 0.25) is 0 Å². The summed E-state index contributed by atoms with van der Waals surface area (Å²) in [5.74, 6) is 0.942. The Labute approximate surface area is 161 Å². The first-order chi connectivity index (χ1) is 13.2. The van der Waals surface area contributed by atoms with E-state index in [2.05, 4.69) is 9.80 Å². The number of carbonyl (C=O) groups excluding carboxylic acids is 1. The van der Waals surface area contributed by atoms with Crippen LogP contribution < -0.4 is 4.74 Å². The zero-order valence-electron chi connectivity index (χ0n) is 16.0. The fourth-order valence-electron chi connectivity index (χ4n) is 4.43. The molecule has 0 saturated carbocycles. The van der Waals surface area contributed by atoms with Gasteiger partial charge in [0.1, 0.15) is 18.5 Å². The van der Waals surface area contributed by atoms with Crippen molar-refractivity contribution < 1.29 is 19.0 Å². The Morgan fingerprint density at radius 3 is 2.52 bits per heavy atom. The number of morpholine rings is 1. The summed E-state index contributed by atoms with van der Waals surface area (Å²) in [7, 11) is 0. The molecule has 1 unspecified atom stereocenters. The first-order valence-electron chi connectivity index (χ1n) is 10.1. The third-order valence-corrected chi connectivity index (χ3v) is 6.12. The first-order valence-corrected chi connectivity index (χ1v) is 10.1. The largest absolute Gasteiger partial charge is 0.492 e. The first kappa shape index (κ1) is 18.7. The van der Waals surface area contributed by atoms with Crippen LogP contribution in [0.5, 0.6) is 5.75 Å². The van der Waals surface area contributed by atoms with E-state index in [0.29, 0.717) is 6.61 Å². The quantitative estimate of drug-likeness (QED) is 0.708. The van der Waals surface area contributed by atoms with Crippen LogP contribution in [0.1, 0.15) is 19.3 Å². The molecule has 0 N–H and O–H groups in total. The number of rotatable bonds is 6. The van der Waals surface area contributed by atoms with E-state index < -0.39 is 0 Å². The van der Waals surface area contributed by atoms with Gasteiger partial charge in [-0.05, 0) is 38.1 Å². The maximum atomic E-state index is 12.6. The molecule has 0 amide bonds. The van der Waals surface area contributed by atoms with Gasteiger partial charge in [-0.25, -0.2) is 0 Å². The van der Waals surface area contributed by atoms with Gasteiger partial charge in [0, 0.05) is 32.6 Å². The number of hydrogen-bond acceptors (Lipinski definition) is 6. The van der Waals surface area contributed by atoms with Crippen LogP contribution in [0.4, 0.5) is 0 Å². The molecule has 0 radical (unpaired) electrons. The molecule has 1 spiro atoms. The SMILES string of the molecule is O=C1OC(CN2CCOCC2)CC12CCN(CCOc1ccccc1)CC2. The van der Waals surface area contributed by atoms with Crippen LogP contribution in [-0.4, -0.2) is 81.0 Å². The average molecular weight is 374 g/mol. The van der Waals surface area contributed by atoms with E-state index >= 15 is 0 Å². The molecular weight excluding hydrogens is 344 g/mol. The monoisotopic (exact) mass is 374 g/mol. The Hall–Kier alpha value is -1.63. The van der Waals surface area contributed by atoms with Gasteiger partial charge in [-0.15, -0.1) is 0 Å². The summed E-state index contributed by atoms with van der Waals surface area (Å²) in [6.45, 7) is 7.77. The summed E-state index contributed by atoms with van der Waals surface area (Å²) >= 11 is 0. The number of carbonyl (C=O) groups is 1. The highest BCUT2D eigenvalue weighted by Gasteiger charge is 2.50. The zero-order chi connectivity index (χ0) is 18.5. The average Bonchev–Trinajstić information content (AvgIpc) is 3.00. The summed E-state index contributed by atoms with van der Waals surface area (Å²) in [6.07, 6.45) is 2.72. The molecule has 0 aliphatic carbocycles. The predicted octanol–water partition coefficient (Wildman–Crippen LogP) is 1.80. The number of esters is 1. The summed E-state index contributed by atoms with van der Waals surface area (Å²) in [4.78, 5) is 17.4. The van der Waals surface area contributed by atoms with E-state index in [1.54, 1.807) is 0 Å². The van der Waals surface area contributed by atoms with Crippen molar-refractivity contribution in [3.8, 4) is 5.75 Å². The van der Waals surface area contributed by atoms with Crippen LogP contribution in [0.3, 0.4) is 0 Å². The fourth-order valence-corrected chi connectivity index (χ4v) is 4.43. The third kappa shape index (κ3) is 4.62. The van der Waals surface area contributed by atoms with Crippen molar-refractivity contribution in [2.45, 2.75) is 25.4 Å². The number of nitrogens with zero attached hydrogens (tertiary/aromatic N) is 2. The lowest BCUT2D eigenvalue weighted by Gasteiger charge is -2.36. The van der Waals surface area contributed by atoms with E-state index in [9.17, 15) is 4.79 Å². The Morgan fingerprint density at radius 2 is 1.78 bits per heavy atom. The Bertz CT molecular complexity index is 610. The van der Waals surface area contributed by atoms with E-state index in [4.69, 9.17) is 14.2 Å². The van der Waals surface area contributed by atoms with Crippen molar-refractivity contribution in [1.82, 2.24) is 9.80 Å². The molecule has 148 valence electrons. The van der Waals surface area contributed by atoms with Crippen molar-refractivity contribution in [3.05, 3.63) is 30.3 Å². The molecular formula is C21H30N2O4. The van der Waals surface area contributed by atoms with Crippen LogP contribution in [0.15, 0.2) is 30.3 Å². The highest BCUT2D eigenvalue weighted by Crippen LogP contribution is 2.43. The number of para-hydroxylation sites is 1. The van der Waals surface area contributed by atoms with Crippen molar-refractivity contribution in [2.24, 2.45) is 5.41 Å². The van der Waals surface area contributed by atoms with Gasteiger partial charge < -0.3 is 14.2 Å². The lowest BCUT2D eigenvalue weighted by molar-refractivity contribution is -0.151. The highest BCUT2D eigenvalue weighted by atomic mass is 16.6. The number of hydrogen-bond donors (Lipinski definition) is 0. The Kier molecular flexibility index (Phi) is 5.95. The van der Waals surface area contributed by atoms with Gasteiger partial charge in [-0.3, -0.25) is 14.6 Å². The minimum absolute atomic E-state index is 0.0287. The molecule has 27 heavy (non-hydrogen) atoms. The van der Waals surface area contributed by atoms with Crippen LogP contribution in [0, 0.1) is 5.41 Å². The molecule has 3 aliphatic rings. The van der Waals surface area contributed by atoms with E-state index in [1.165, 1.54) is 0 Å². The number of cyclic esters (lactones) is 1. The summed E-state index contributed by atoms with van der Waals surface area (Å²) in [5, 5.41) is 0. The van der Waals surface area contributed by atoms with Crippen molar-refractivity contribution in [1.29, 1.82) is 0 Å². The minimum atomic E-state index is -0.256. The molecule has 3 aliphatic heterocycles. The second-order valence-electron chi connectivity index (χ2n) is 7.93. The molecule has 4 rings (SSSR count). The molecule has 1 aromatic carbocycles. The fraction of sp³-hybridized carbons (Fsp3) is 0.667. The smallest absolute Gasteiger partial charge is 0.312 e. The van der Waals surface area contributed by atoms with Gasteiger partial charge >= 0.3 is 5.97 Å². The molecule has 1 aromatic rings. The second-order valence-corrected chi connectivity index (χ2v) is 7.93. The van der Waals surface area contributed by atoms with E-state index in [1.807, 2.05) is 30.3 Å². The topological polar surface area (TPSA) is 51.2 Å². The molecule has 3 fully saturated rings. The van der Waals surface area contributed by atoms with Crippen molar-refractivity contribution in [3.63, 3.8) is 0 Å². The predicted molar refractivity (Wildman–Crippen MR) is 102 cm³/mol. The van der Waals surface area contributed by atoms with Crippen LogP contribution in [0.25, 0.3) is 0 Å². The maximum Gasteiger partial charge on any atom is 0.312 e. The minimum Gasteiger partial charge on any atom is -0.492 e. The summed E-state index contributed by atoms with van der Waals surface area (Å²) in [6, 6.07) is 9.92. The van der Waals surface area contributed by atoms with Gasteiger partial charge in [-0.1, -0.05) is 18.2 Å². The van der Waals surface area contributed by atoms with E-state index in [-0.39, 0.29) is 17.5 Å². The molecule has 6 heteroatoms. The van der Waals surface area contributed by atoms with Gasteiger partial charge in [0.2, 0.25) is 0 Å². The van der Waals surface area contributed by atoms with Gasteiger partial charge in [0.25, 0.3) is 0 Å². The van der Waals surface area contributed by atoms with Gasteiger partial charge in [0.15, 0.2) is 0 Å². The number of ether oxygens (including phenoxy) is 3. The summed E-state index contributed by atoms with van der Waals surface area (Å²) in [5.41, 5.74) is -0.256. The molecule has 3 heterocycles. The zero-order valence-corrected chi connectivity index (χ0v) is 16.0. The maximum absolute atomic E-state index is 12.6. The molecule has 6 nitrogen and oxygen atoms in total. The lowest BCUT2D eigenvalue weighted by Crippen LogP contribution is -2.44. The number of likely N-dealkylation sites (tertiary alicyclic amines) is 1. The van der Waals surface area contributed by atoms with Gasteiger partial charge in [-0.2, -0.15) is 0 Å². The molecule has 3 saturated heterocycles. The molecule has 0 aromatic heterocycles. The molecule has 1 atom stereocenters. The number of benzene rings is 1. The van der Waals surface area contributed by atoms with Gasteiger partial charge in [0.05, 0.1) is 18.6 Å². The number of piperidine rings is 1. The van der Waals surface area contributed by atoms with Crippen LogP contribution in [-0.2, 0) is 14.3 Å². The Balaban J connectivity index is 1.21. The lowest BCUT2D eigenvalue weighted by atomic mass is 9.76. The van der Waals surface area contributed by atoms with Crippen LogP contribution >= 0.6 is 0 Å². The summed E-state index contributed by atoms with van der Waals surface area (Å²) < 4.78 is 17.0. The van der Waals surface area contributed by atoms with Crippen molar-refractivity contribution >= 4 is 5.97 Å².